The molecule has 1 N–H and O–H groups in total. The fourth-order valence-electron chi connectivity index (χ4n) is 2.21. The third-order valence-electron chi connectivity index (χ3n) is 3.34. The van der Waals surface area contributed by atoms with Crippen LogP contribution >= 0.6 is 0 Å². The Bertz CT molecular complexity index is 611. The van der Waals surface area contributed by atoms with Gasteiger partial charge in [-0.05, 0) is 11.1 Å². The molecule has 4 heteroatoms. The van der Waals surface area contributed by atoms with Gasteiger partial charge in [0.2, 0.25) is 5.91 Å². The fourth-order valence-corrected chi connectivity index (χ4v) is 2.21. The third-order valence-corrected chi connectivity index (χ3v) is 3.34. The van der Waals surface area contributed by atoms with Gasteiger partial charge in [0.05, 0.1) is 26.0 Å². The van der Waals surface area contributed by atoms with Gasteiger partial charge in [-0.15, -0.1) is 0 Å². The lowest BCUT2D eigenvalue weighted by Gasteiger charge is -2.18. The number of hydrogen-bond donors (Lipinski definition) is 1. The Hall–Kier alpha value is -2.62. The Morgan fingerprint density at radius 2 is 1.59 bits per heavy atom. The average Bonchev–Trinajstić information content (AvgIpc) is 2.55. The Balaban J connectivity index is 2.05. The summed E-state index contributed by atoms with van der Waals surface area (Å²) in [5.74, 6) is -0.474. The summed E-state index contributed by atoms with van der Waals surface area (Å²) in [5, 5.41) is 2.91. The largest absolute Gasteiger partial charge is 0.469 e. The quantitative estimate of drug-likeness (QED) is 0.834. The number of esters is 1. The van der Waals surface area contributed by atoms with Gasteiger partial charge in [0.1, 0.15) is 0 Å². The highest BCUT2D eigenvalue weighted by Crippen LogP contribution is 2.17. The Morgan fingerprint density at radius 1 is 1.00 bits per heavy atom. The van der Waals surface area contributed by atoms with Gasteiger partial charge in [-0.25, -0.2) is 0 Å². The van der Waals surface area contributed by atoms with Crippen molar-refractivity contribution < 1.29 is 14.3 Å². The van der Waals surface area contributed by atoms with Crippen molar-refractivity contribution >= 4 is 11.9 Å². The summed E-state index contributed by atoms with van der Waals surface area (Å²) < 4.78 is 4.71. The van der Waals surface area contributed by atoms with E-state index in [1.807, 2.05) is 60.7 Å². The molecule has 0 saturated heterocycles. The first-order valence-corrected chi connectivity index (χ1v) is 7.14. The van der Waals surface area contributed by atoms with E-state index in [2.05, 4.69) is 5.32 Å². The normalized spacial score (nSPS) is 11.5. The van der Waals surface area contributed by atoms with E-state index in [1.165, 1.54) is 7.11 Å². The Labute approximate surface area is 130 Å². The summed E-state index contributed by atoms with van der Waals surface area (Å²) in [4.78, 5) is 23.8. The third kappa shape index (κ3) is 4.74. The monoisotopic (exact) mass is 297 g/mol. The summed E-state index contributed by atoms with van der Waals surface area (Å²) >= 11 is 0. The topological polar surface area (TPSA) is 55.4 Å². The number of ether oxygens (including phenoxy) is 1. The summed E-state index contributed by atoms with van der Waals surface area (Å²) in [6.45, 7) is 0. The average molecular weight is 297 g/mol. The zero-order valence-electron chi connectivity index (χ0n) is 12.5. The molecule has 2 aromatic carbocycles. The molecule has 22 heavy (non-hydrogen) atoms. The minimum atomic E-state index is -0.384. The summed E-state index contributed by atoms with van der Waals surface area (Å²) in [6.07, 6.45) is 0.395. The molecule has 0 radical (unpaired) electrons. The van der Waals surface area contributed by atoms with Crippen molar-refractivity contribution in [3.8, 4) is 0 Å². The van der Waals surface area contributed by atoms with Crippen LogP contribution in [0.5, 0.6) is 0 Å². The first-order valence-electron chi connectivity index (χ1n) is 7.14. The van der Waals surface area contributed by atoms with Gasteiger partial charge >= 0.3 is 5.97 Å². The molecule has 4 nitrogen and oxygen atoms in total. The maximum Gasteiger partial charge on any atom is 0.307 e. The summed E-state index contributed by atoms with van der Waals surface area (Å²) in [6, 6.07) is 18.5. The Morgan fingerprint density at radius 3 is 2.18 bits per heavy atom. The maximum atomic E-state index is 12.2. The standard InChI is InChI=1S/C18H19NO3/c1-22-18(21)13-16(15-10-6-3-7-11-15)19-17(20)12-14-8-4-2-5-9-14/h2-11,16H,12-13H2,1H3,(H,19,20)/t16-/m1/s1. The lowest BCUT2D eigenvalue weighted by molar-refractivity contribution is -0.141. The van der Waals surface area contributed by atoms with Crippen LogP contribution in [0.3, 0.4) is 0 Å². The summed E-state index contributed by atoms with van der Waals surface area (Å²) in [5.41, 5.74) is 1.82. The van der Waals surface area contributed by atoms with Crippen LogP contribution in [0, 0.1) is 0 Å². The van der Waals surface area contributed by atoms with Gasteiger partial charge in [0.15, 0.2) is 0 Å². The number of methoxy groups -OCH3 is 1. The van der Waals surface area contributed by atoms with Gasteiger partial charge in [-0.3, -0.25) is 9.59 Å². The van der Waals surface area contributed by atoms with E-state index < -0.39 is 0 Å². The lowest BCUT2D eigenvalue weighted by atomic mass is 10.0. The summed E-state index contributed by atoms with van der Waals surface area (Å²) in [7, 11) is 1.34. The molecule has 0 aliphatic carbocycles. The molecule has 1 atom stereocenters. The van der Waals surface area contributed by atoms with Crippen molar-refractivity contribution in [2.24, 2.45) is 0 Å². The molecule has 0 saturated carbocycles. The number of nitrogens with one attached hydrogen (secondary N) is 1. The van der Waals surface area contributed by atoms with Crippen molar-refractivity contribution in [1.82, 2.24) is 5.32 Å². The van der Waals surface area contributed by atoms with E-state index in [9.17, 15) is 9.59 Å². The molecule has 114 valence electrons. The van der Waals surface area contributed by atoms with Crippen LogP contribution in [0.15, 0.2) is 60.7 Å². The zero-order valence-corrected chi connectivity index (χ0v) is 12.5. The molecule has 2 rings (SSSR count). The number of carbonyl (C=O) groups is 2. The second-order valence-corrected chi connectivity index (χ2v) is 4.97. The number of benzene rings is 2. The smallest absolute Gasteiger partial charge is 0.307 e. The molecule has 0 bridgehead atoms. The molecule has 1 amide bonds. The van der Waals surface area contributed by atoms with Gasteiger partial charge in [-0.2, -0.15) is 0 Å². The van der Waals surface area contributed by atoms with E-state index in [4.69, 9.17) is 4.74 Å². The van der Waals surface area contributed by atoms with Crippen molar-refractivity contribution in [2.75, 3.05) is 7.11 Å². The van der Waals surface area contributed by atoms with Crippen molar-refractivity contribution in [3.05, 3.63) is 71.8 Å². The van der Waals surface area contributed by atoms with E-state index in [0.717, 1.165) is 11.1 Å². The molecule has 0 aliphatic rings. The van der Waals surface area contributed by atoms with E-state index in [-0.39, 0.29) is 30.8 Å². The van der Waals surface area contributed by atoms with Gasteiger partial charge < -0.3 is 10.1 Å². The van der Waals surface area contributed by atoms with Crippen LogP contribution < -0.4 is 5.32 Å². The van der Waals surface area contributed by atoms with Crippen molar-refractivity contribution in [1.29, 1.82) is 0 Å². The van der Waals surface area contributed by atoms with Crippen molar-refractivity contribution in [3.63, 3.8) is 0 Å². The maximum absolute atomic E-state index is 12.2. The van der Waals surface area contributed by atoms with E-state index >= 15 is 0 Å². The van der Waals surface area contributed by atoms with Gasteiger partial charge in [0.25, 0.3) is 0 Å². The minimum Gasteiger partial charge on any atom is -0.469 e. The molecular formula is C18H19NO3. The zero-order chi connectivity index (χ0) is 15.8. The highest BCUT2D eigenvalue weighted by atomic mass is 16.5. The first-order chi connectivity index (χ1) is 10.7. The lowest BCUT2D eigenvalue weighted by Crippen LogP contribution is -2.31. The molecule has 0 aromatic heterocycles. The molecular weight excluding hydrogens is 278 g/mol. The van der Waals surface area contributed by atoms with Crippen LogP contribution in [0.1, 0.15) is 23.6 Å². The van der Waals surface area contributed by atoms with Gasteiger partial charge in [-0.1, -0.05) is 60.7 Å². The second-order valence-electron chi connectivity index (χ2n) is 4.97. The van der Waals surface area contributed by atoms with Crippen LogP contribution in [-0.2, 0) is 20.7 Å². The minimum absolute atomic E-state index is 0.112. The van der Waals surface area contributed by atoms with Crippen LogP contribution in [-0.4, -0.2) is 19.0 Å². The number of hydrogen-bond acceptors (Lipinski definition) is 3. The predicted octanol–water partition coefficient (Wildman–Crippen LogP) is 2.65. The highest BCUT2D eigenvalue weighted by Gasteiger charge is 2.18. The molecule has 0 heterocycles. The predicted molar refractivity (Wildman–Crippen MR) is 84.1 cm³/mol. The SMILES string of the molecule is COC(=O)C[C@@H](NC(=O)Cc1ccccc1)c1ccccc1. The molecule has 2 aromatic rings. The Kier molecular flexibility index (Phi) is 5.72. The second kappa shape index (κ2) is 7.98. The first kappa shape index (κ1) is 15.8. The number of rotatable bonds is 6. The molecule has 0 spiro atoms. The van der Waals surface area contributed by atoms with Crippen LogP contribution in [0.4, 0.5) is 0 Å². The fraction of sp³-hybridized carbons (Fsp3) is 0.222. The van der Waals surface area contributed by atoms with Crippen LogP contribution in [0.25, 0.3) is 0 Å². The van der Waals surface area contributed by atoms with E-state index in [0.29, 0.717) is 0 Å². The van der Waals surface area contributed by atoms with E-state index in [1.54, 1.807) is 0 Å². The van der Waals surface area contributed by atoms with Crippen LogP contribution in [0.2, 0.25) is 0 Å². The molecule has 0 unspecified atom stereocenters. The number of carbonyl (C=O) groups excluding carboxylic acids is 2. The highest BCUT2D eigenvalue weighted by molar-refractivity contribution is 5.80. The van der Waals surface area contributed by atoms with Crippen molar-refractivity contribution in [2.45, 2.75) is 18.9 Å². The molecule has 0 aliphatic heterocycles. The number of amides is 1. The molecule has 0 fully saturated rings. The van der Waals surface area contributed by atoms with Gasteiger partial charge in [0, 0.05) is 0 Å².